The summed E-state index contributed by atoms with van der Waals surface area (Å²) in [5.41, 5.74) is 1.77. The molecule has 1 amide bonds. The van der Waals surface area contributed by atoms with E-state index in [0.29, 0.717) is 21.7 Å². The van der Waals surface area contributed by atoms with Gasteiger partial charge in [-0.15, -0.1) is 0 Å². The molecule has 0 bridgehead atoms. The number of carbonyl (C=O) groups excluding carboxylic acids is 1. The predicted octanol–water partition coefficient (Wildman–Crippen LogP) is 3.63. The summed E-state index contributed by atoms with van der Waals surface area (Å²) in [6.45, 7) is 0. The van der Waals surface area contributed by atoms with Gasteiger partial charge in [-0.25, -0.2) is 0 Å². The van der Waals surface area contributed by atoms with Crippen molar-refractivity contribution in [1.29, 1.82) is 0 Å². The fourth-order valence-electron chi connectivity index (χ4n) is 2.15. The van der Waals surface area contributed by atoms with E-state index < -0.39 is 0 Å². The number of rotatable bonds is 3. The van der Waals surface area contributed by atoms with Crippen molar-refractivity contribution in [3.05, 3.63) is 75.6 Å². The minimum atomic E-state index is -0.165. The molecule has 0 aliphatic carbocycles. The average Bonchev–Trinajstić information content (AvgIpc) is 2.50. The highest BCUT2D eigenvalue weighted by Crippen LogP contribution is 2.17. The van der Waals surface area contributed by atoms with Crippen LogP contribution in [0.15, 0.2) is 64.0 Å². The van der Waals surface area contributed by atoms with Gasteiger partial charge in [-0.05, 0) is 35.9 Å². The lowest BCUT2D eigenvalue weighted by Crippen LogP contribution is -2.14. The zero-order valence-corrected chi connectivity index (χ0v) is 12.3. The van der Waals surface area contributed by atoms with Crippen LogP contribution in [0.5, 0.6) is 0 Å². The Morgan fingerprint density at radius 3 is 2.64 bits per heavy atom. The number of halogens is 1. The van der Waals surface area contributed by atoms with Crippen LogP contribution in [0.2, 0.25) is 5.02 Å². The molecule has 2 aromatic carbocycles. The monoisotopic (exact) mass is 313 g/mol. The Hall–Kier alpha value is -2.59. The number of benzene rings is 2. The Morgan fingerprint density at radius 2 is 1.86 bits per heavy atom. The first-order valence-corrected chi connectivity index (χ1v) is 7.05. The standard InChI is InChI=1S/C17H12ClNO3/c18-12-3-1-11(2-4-12)9-17(21)19-13-5-6-16-14(10-13)15(20)7-8-22-16/h1-8,10H,9H2,(H,19,21). The van der Waals surface area contributed by atoms with E-state index in [-0.39, 0.29) is 17.8 Å². The van der Waals surface area contributed by atoms with Crippen molar-refractivity contribution in [2.75, 3.05) is 5.32 Å². The summed E-state index contributed by atoms with van der Waals surface area (Å²) < 4.78 is 5.23. The van der Waals surface area contributed by atoms with Crippen LogP contribution < -0.4 is 10.7 Å². The van der Waals surface area contributed by atoms with Crippen LogP contribution in [0, 0.1) is 0 Å². The van der Waals surface area contributed by atoms with Gasteiger partial charge in [-0.2, -0.15) is 0 Å². The summed E-state index contributed by atoms with van der Waals surface area (Å²) in [4.78, 5) is 23.8. The quantitative estimate of drug-likeness (QED) is 0.803. The van der Waals surface area contributed by atoms with Crippen LogP contribution in [-0.4, -0.2) is 5.91 Å². The molecule has 0 atom stereocenters. The number of hydrogen-bond donors (Lipinski definition) is 1. The van der Waals surface area contributed by atoms with Gasteiger partial charge in [-0.1, -0.05) is 23.7 Å². The van der Waals surface area contributed by atoms with E-state index in [4.69, 9.17) is 16.0 Å². The molecule has 22 heavy (non-hydrogen) atoms. The van der Waals surface area contributed by atoms with Gasteiger partial charge < -0.3 is 9.73 Å². The molecule has 0 fully saturated rings. The van der Waals surface area contributed by atoms with Crippen LogP contribution in [0.25, 0.3) is 11.0 Å². The lowest BCUT2D eigenvalue weighted by Gasteiger charge is -2.06. The second-order valence-electron chi connectivity index (χ2n) is 4.85. The first-order chi connectivity index (χ1) is 10.6. The number of hydrogen-bond acceptors (Lipinski definition) is 3. The zero-order valence-electron chi connectivity index (χ0n) is 11.5. The molecular weight excluding hydrogens is 302 g/mol. The van der Waals surface area contributed by atoms with Crippen molar-refractivity contribution < 1.29 is 9.21 Å². The molecular formula is C17H12ClNO3. The SMILES string of the molecule is O=C(Cc1ccc(Cl)cc1)Nc1ccc2occc(=O)c2c1. The first kappa shape index (κ1) is 14.4. The van der Waals surface area contributed by atoms with Gasteiger partial charge in [0.05, 0.1) is 18.1 Å². The highest BCUT2D eigenvalue weighted by Gasteiger charge is 2.06. The molecule has 1 N–H and O–H groups in total. The Kier molecular flexibility index (Phi) is 3.94. The van der Waals surface area contributed by atoms with Crippen molar-refractivity contribution in [1.82, 2.24) is 0 Å². The van der Waals surface area contributed by atoms with Gasteiger partial charge in [0, 0.05) is 16.8 Å². The highest BCUT2D eigenvalue weighted by molar-refractivity contribution is 6.30. The van der Waals surface area contributed by atoms with Crippen molar-refractivity contribution >= 4 is 34.2 Å². The summed E-state index contributed by atoms with van der Waals surface area (Å²) in [6, 6.07) is 13.4. The van der Waals surface area contributed by atoms with Crippen LogP contribution in [0.1, 0.15) is 5.56 Å². The lowest BCUT2D eigenvalue weighted by molar-refractivity contribution is -0.115. The van der Waals surface area contributed by atoms with Gasteiger partial charge in [0.25, 0.3) is 0 Å². The van der Waals surface area contributed by atoms with Crippen molar-refractivity contribution in [3.8, 4) is 0 Å². The Labute approximate surface area is 131 Å². The minimum Gasteiger partial charge on any atom is -0.464 e. The predicted molar refractivity (Wildman–Crippen MR) is 86.3 cm³/mol. The number of carbonyl (C=O) groups is 1. The van der Waals surface area contributed by atoms with Crippen molar-refractivity contribution in [2.24, 2.45) is 0 Å². The molecule has 5 heteroatoms. The van der Waals surface area contributed by atoms with Gasteiger partial charge in [0.15, 0.2) is 5.43 Å². The summed E-state index contributed by atoms with van der Waals surface area (Å²) in [6.07, 6.45) is 1.59. The maximum atomic E-state index is 12.0. The van der Waals surface area contributed by atoms with E-state index in [2.05, 4.69) is 5.32 Å². The fourth-order valence-corrected chi connectivity index (χ4v) is 2.28. The molecule has 0 unspecified atom stereocenters. The molecule has 0 saturated heterocycles. The van der Waals surface area contributed by atoms with Crippen LogP contribution in [0.4, 0.5) is 5.69 Å². The van der Waals surface area contributed by atoms with Crippen molar-refractivity contribution in [3.63, 3.8) is 0 Å². The number of fused-ring (bicyclic) bond motifs is 1. The molecule has 0 aliphatic heterocycles. The van der Waals surface area contributed by atoms with E-state index in [1.807, 2.05) is 0 Å². The van der Waals surface area contributed by atoms with Gasteiger partial charge in [0.1, 0.15) is 5.58 Å². The summed E-state index contributed by atoms with van der Waals surface area (Å²) in [7, 11) is 0. The minimum absolute atomic E-state index is 0.143. The maximum absolute atomic E-state index is 12.0. The van der Waals surface area contributed by atoms with E-state index in [0.717, 1.165) is 5.56 Å². The van der Waals surface area contributed by atoms with Gasteiger partial charge in [-0.3, -0.25) is 9.59 Å². The van der Waals surface area contributed by atoms with E-state index in [1.54, 1.807) is 42.5 Å². The van der Waals surface area contributed by atoms with Crippen molar-refractivity contribution in [2.45, 2.75) is 6.42 Å². The number of nitrogens with one attached hydrogen (secondary N) is 1. The molecule has 1 aromatic heterocycles. The Morgan fingerprint density at radius 1 is 1.09 bits per heavy atom. The summed E-state index contributed by atoms with van der Waals surface area (Å²) in [5.74, 6) is -0.165. The topological polar surface area (TPSA) is 59.3 Å². The van der Waals surface area contributed by atoms with Crippen LogP contribution >= 0.6 is 11.6 Å². The summed E-state index contributed by atoms with van der Waals surface area (Å²) >= 11 is 5.81. The molecule has 110 valence electrons. The number of anilines is 1. The Balaban J connectivity index is 1.77. The molecule has 3 rings (SSSR count). The average molecular weight is 314 g/mol. The molecule has 0 saturated carbocycles. The van der Waals surface area contributed by atoms with Crippen LogP contribution in [-0.2, 0) is 11.2 Å². The molecule has 1 heterocycles. The smallest absolute Gasteiger partial charge is 0.228 e. The number of amides is 1. The molecule has 0 radical (unpaired) electrons. The first-order valence-electron chi connectivity index (χ1n) is 6.68. The molecule has 3 aromatic rings. The largest absolute Gasteiger partial charge is 0.464 e. The van der Waals surface area contributed by atoms with E-state index >= 15 is 0 Å². The van der Waals surface area contributed by atoms with E-state index in [9.17, 15) is 9.59 Å². The third-order valence-corrected chi connectivity index (χ3v) is 3.47. The fraction of sp³-hybridized carbons (Fsp3) is 0.0588. The van der Waals surface area contributed by atoms with Gasteiger partial charge >= 0.3 is 0 Å². The third-order valence-electron chi connectivity index (χ3n) is 3.22. The van der Waals surface area contributed by atoms with Crippen LogP contribution in [0.3, 0.4) is 0 Å². The second kappa shape index (κ2) is 6.03. The second-order valence-corrected chi connectivity index (χ2v) is 5.28. The Bertz CT molecular complexity index is 884. The van der Waals surface area contributed by atoms with Gasteiger partial charge in [0.2, 0.25) is 5.91 Å². The van der Waals surface area contributed by atoms with E-state index in [1.165, 1.54) is 12.3 Å². The molecule has 0 aliphatic rings. The third kappa shape index (κ3) is 3.18. The highest BCUT2D eigenvalue weighted by atomic mass is 35.5. The maximum Gasteiger partial charge on any atom is 0.228 e. The zero-order chi connectivity index (χ0) is 15.5. The molecule has 4 nitrogen and oxygen atoms in total. The summed E-state index contributed by atoms with van der Waals surface area (Å²) in [5, 5.41) is 3.84. The molecule has 0 spiro atoms. The normalized spacial score (nSPS) is 10.6. The lowest BCUT2D eigenvalue weighted by atomic mass is 10.1.